The van der Waals surface area contributed by atoms with Crippen molar-refractivity contribution in [2.24, 2.45) is 5.41 Å². The zero-order valence-electron chi connectivity index (χ0n) is 9.87. The monoisotopic (exact) mass is 295 g/mol. The molecule has 0 unspecified atom stereocenters. The van der Waals surface area contributed by atoms with E-state index >= 15 is 0 Å². The van der Waals surface area contributed by atoms with Crippen molar-refractivity contribution in [3.8, 4) is 0 Å². The standard InChI is InChI=1S/C13H14BrNO2/c1-13(2)7-11(16)15(12(13)17)8-9-3-5-10(14)6-4-9/h3-6H,7-8H2,1-2H3. The Morgan fingerprint density at radius 1 is 1.24 bits per heavy atom. The van der Waals surface area contributed by atoms with Gasteiger partial charge >= 0.3 is 0 Å². The third-order valence-electron chi connectivity index (χ3n) is 2.97. The van der Waals surface area contributed by atoms with Gasteiger partial charge in [-0.05, 0) is 17.7 Å². The van der Waals surface area contributed by atoms with Gasteiger partial charge < -0.3 is 0 Å². The molecule has 1 aromatic carbocycles. The lowest BCUT2D eigenvalue weighted by Crippen LogP contribution is -2.32. The summed E-state index contributed by atoms with van der Waals surface area (Å²) in [6.45, 7) is 4.00. The Morgan fingerprint density at radius 3 is 2.29 bits per heavy atom. The summed E-state index contributed by atoms with van der Waals surface area (Å²) in [5.41, 5.74) is 0.416. The van der Waals surface area contributed by atoms with Crippen molar-refractivity contribution in [1.29, 1.82) is 0 Å². The second-order valence-electron chi connectivity index (χ2n) is 4.97. The van der Waals surface area contributed by atoms with Gasteiger partial charge in [-0.3, -0.25) is 14.5 Å². The average Bonchev–Trinajstić information content (AvgIpc) is 2.44. The van der Waals surface area contributed by atoms with Crippen LogP contribution in [0, 0.1) is 5.41 Å². The summed E-state index contributed by atoms with van der Waals surface area (Å²) in [7, 11) is 0. The van der Waals surface area contributed by atoms with Gasteiger partial charge in [-0.15, -0.1) is 0 Å². The molecule has 2 rings (SSSR count). The highest BCUT2D eigenvalue weighted by atomic mass is 79.9. The third-order valence-corrected chi connectivity index (χ3v) is 3.50. The van der Waals surface area contributed by atoms with Crippen LogP contribution in [-0.2, 0) is 16.1 Å². The molecule has 17 heavy (non-hydrogen) atoms. The van der Waals surface area contributed by atoms with Gasteiger partial charge in [0.15, 0.2) is 0 Å². The summed E-state index contributed by atoms with van der Waals surface area (Å²) in [6.07, 6.45) is 0.308. The average molecular weight is 296 g/mol. The molecule has 0 atom stereocenters. The predicted octanol–water partition coefficient (Wildman–Crippen LogP) is 2.73. The van der Waals surface area contributed by atoms with Crippen molar-refractivity contribution in [2.75, 3.05) is 0 Å². The van der Waals surface area contributed by atoms with E-state index in [4.69, 9.17) is 0 Å². The van der Waals surface area contributed by atoms with E-state index in [0.29, 0.717) is 13.0 Å². The quantitative estimate of drug-likeness (QED) is 0.787. The number of hydrogen-bond donors (Lipinski definition) is 0. The molecule has 1 aliphatic heterocycles. The fraction of sp³-hybridized carbons (Fsp3) is 0.385. The molecule has 2 amide bonds. The molecule has 0 saturated carbocycles. The molecule has 0 bridgehead atoms. The van der Waals surface area contributed by atoms with Crippen LogP contribution in [0.5, 0.6) is 0 Å². The number of carbonyl (C=O) groups excluding carboxylic acids is 2. The van der Waals surface area contributed by atoms with Crippen LogP contribution in [0.25, 0.3) is 0 Å². The van der Waals surface area contributed by atoms with Crippen molar-refractivity contribution in [2.45, 2.75) is 26.8 Å². The van der Waals surface area contributed by atoms with Gasteiger partial charge in [0.1, 0.15) is 0 Å². The maximum atomic E-state index is 12.0. The number of likely N-dealkylation sites (tertiary alicyclic amines) is 1. The third kappa shape index (κ3) is 2.41. The van der Waals surface area contributed by atoms with E-state index in [9.17, 15) is 9.59 Å². The van der Waals surface area contributed by atoms with Crippen LogP contribution in [0.4, 0.5) is 0 Å². The molecule has 0 radical (unpaired) electrons. The smallest absolute Gasteiger partial charge is 0.235 e. The summed E-state index contributed by atoms with van der Waals surface area (Å²) in [5.74, 6) is -0.159. The molecule has 1 fully saturated rings. The van der Waals surface area contributed by atoms with Gasteiger partial charge in [-0.25, -0.2) is 0 Å². The molecule has 0 N–H and O–H groups in total. The minimum absolute atomic E-state index is 0.0783. The zero-order chi connectivity index (χ0) is 12.6. The Labute approximate surface area is 109 Å². The van der Waals surface area contributed by atoms with Gasteiger partial charge in [-0.2, -0.15) is 0 Å². The van der Waals surface area contributed by atoms with Crippen LogP contribution in [0.1, 0.15) is 25.8 Å². The van der Waals surface area contributed by atoms with Crippen LogP contribution < -0.4 is 0 Å². The van der Waals surface area contributed by atoms with E-state index < -0.39 is 5.41 Å². The number of amides is 2. The maximum absolute atomic E-state index is 12.0. The van der Waals surface area contributed by atoms with Crippen LogP contribution in [0.3, 0.4) is 0 Å². The summed E-state index contributed by atoms with van der Waals surface area (Å²) in [5, 5.41) is 0. The molecule has 1 heterocycles. The predicted molar refractivity (Wildman–Crippen MR) is 68.1 cm³/mol. The van der Waals surface area contributed by atoms with Crippen molar-refractivity contribution in [3.05, 3.63) is 34.3 Å². The summed E-state index contributed by atoms with van der Waals surface area (Å²) in [4.78, 5) is 25.1. The molecular formula is C13H14BrNO2. The number of nitrogens with zero attached hydrogens (tertiary/aromatic N) is 1. The van der Waals surface area contributed by atoms with Gasteiger partial charge in [0.05, 0.1) is 12.0 Å². The topological polar surface area (TPSA) is 37.4 Å². The van der Waals surface area contributed by atoms with Crippen LogP contribution in [-0.4, -0.2) is 16.7 Å². The molecule has 90 valence electrons. The van der Waals surface area contributed by atoms with E-state index in [1.54, 1.807) is 0 Å². The minimum Gasteiger partial charge on any atom is -0.278 e. The number of benzene rings is 1. The number of halogens is 1. The Balaban J connectivity index is 2.17. The molecule has 4 heteroatoms. The molecule has 1 aliphatic rings. The Hall–Kier alpha value is -1.16. The van der Waals surface area contributed by atoms with E-state index in [0.717, 1.165) is 10.0 Å². The fourth-order valence-corrected chi connectivity index (χ4v) is 2.22. The normalized spacial score (nSPS) is 18.9. The second kappa shape index (κ2) is 4.26. The fourth-order valence-electron chi connectivity index (χ4n) is 1.96. The molecule has 3 nitrogen and oxygen atoms in total. The molecule has 1 saturated heterocycles. The first-order valence-corrected chi connectivity index (χ1v) is 6.29. The minimum atomic E-state index is -0.549. The first kappa shape index (κ1) is 12.3. The van der Waals surface area contributed by atoms with Gasteiger partial charge in [0.25, 0.3) is 0 Å². The zero-order valence-corrected chi connectivity index (χ0v) is 11.5. The molecule has 0 spiro atoms. The first-order chi connectivity index (χ1) is 7.90. The largest absolute Gasteiger partial charge is 0.278 e. The van der Waals surface area contributed by atoms with Crippen molar-refractivity contribution in [1.82, 2.24) is 4.90 Å². The summed E-state index contributed by atoms with van der Waals surface area (Å²) >= 11 is 3.35. The lowest BCUT2D eigenvalue weighted by molar-refractivity contribution is -0.141. The van der Waals surface area contributed by atoms with Crippen LogP contribution >= 0.6 is 15.9 Å². The van der Waals surface area contributed by atoms with E-state index in [1.165, 1.54) is 4.90 Å². The van der Waals surface area contributed by atoms with Gasteiger partial charge in [0.2, 0.25) is 11.8 Å². The van der Waals surface area contributed by atoms with Crippen molar-refractivity contribution in [3.63, 3.8) is 0 Å². The highest BCUT2D eigenvalue weighted by molar-refractivity contribution is 9.10. The molecular weight excluding hydrogens is 282 g/mol. The van der Waals surface area contributed by atoms with E-state index in [-0.39, 0.29) is 11.8 Å². The first-order valence-electron chi connectivity index (χ1n) is 5.49. The Morgan fingerprint density at radius 2 is 1.82 bits per heavy atom. The van der Waals surface area contributed by atoms with Crippen molar-refractivity contribution < 1.29 is 9.59 Å². The lowest BCUT2D eigenvalue weighted by Gasteiger charge is -2.17. The Bertz CT molecular complexity index is 465. The van der Waals surface area contributed by atoms with E-state index in [1.807, 2.05) is 38.1 Å². The van der Waals surface area contributed by atoms with E-state index in [2.05, 4.69) is 15.9 Å². The summed E-state index contributed by atoms with van der Waals surface area (Å²) < 4.78 is 0.987. The molecule has 0 aliphatic carbocycles. The van der Waals surface area contributed by atoms with Gasteiger partial charge in [-0.1, -0.05) is 41.9 Å². The molecule has 1 aromatic rings. The van der Waals surface area contributed by atoms with Crippen LogP contribution in [0.15, 0.2) is 28.7 Å². The summed E-state index contributed by atoms with van der Waals surface area (Å²) in [6, 6.07) is 7.64. The number of imide groups is 1. The highest BCUT2D eigenvalue weighted by Crippen LogP contribution is 2.32. The SMILES string of the molecule is CC1(C)CC(=O)N(Cc2ccc(Br)cc2)C1=O. The highest BCUT2D eigenvalue weighted by Gasteiger charge is 2.44. The van der Waals surface area contributed by atoms with Crippen LogP contribution in [0.2, 0.25) is 0 Å². The maximum Gasteiger partial charge on any atom is 0.235 e. The number of hydrogen-bond acceptors (Lipinski definition) is 2. The second-order valence-corrected chi connectivity index (χ2v) is 5.89. The lowest BCUT2D eigenvalue weighted by atomic mass is 9.92. The number of carbonyl (C=O) groups is 2. The number of rotatable bonds is 2. The van der Waals surface area contributed by atoms with Gasteiger partial charge in [0, 0.05) is 10.9 Å². The Kier molecular flexibility index (Phi) is 3.08. The molecule has 0 aromatic heterocycles. The van der Waals surface area contributed by atoms with Crippen molar-refractivity contribution >= 4 is 27.7 Å².